The van der Waals surface area contributed by atoms with Crippen molar-refractivity contribution in [2.45, 2.75) is 70.6 Å². The van der Waals surface area contributed by atoms with Crippen LogP contribution >= 0.6 is 0 Å². The van der Waals surface area contributed by atoms with Crippen molar-refractivity contribution in [3.8, 4) is 0 Å². The van der Waals surface area contributed by atoms with E-state index in [1.54, 1.807) is 4.90 Å². The van der Waals surface area contributed by atoms with Crippen LogP contribution in [0.15, 0.2) is 0 Å². The monoisotopic (exact) mass is 358 g/mol. The highest BCUT2D eigenvalue weighted by molar-refractivity contribution is 5.68. The van der Waals surface area contributed by atoms with Gasteiger partial charge >= 0.3 is 6.09 Å². The number of fused-ring (bicyclic) bond motifs is 1. The number of ether oxygens (including phenoxy) is 4. The maximum atomic E-state index is 12.1. The summed E-state index contributed by atoms with van der Waals surface area (Å²) in [6.07, 6.45) is -2.29. The third kappa shape index (κ3) is 4.43. The van der Waals surface area contributed by atoms with Crippen molar-refractivity contribution in [3.63, 3.8) is 0 Å². The Hall–Kier alpha value is -0.930. The van der Waals surface area contributed by atoms with Gasteiger partial charge in [-0.3, -0.25) is 4.90 Å². The van der Waals surface area contributed by atoms with Crippen molar-refractivity contribution in [1.82, 2.24) is 9.80 Å². The third-order valence-electron chi connectivity index (χ3n) is 4.58. The van der Waals surface area contributed by atoms with Crippen LogP contribution in [-0.2, 0) is 18.9 Å². The molecule has 0 unspecified atom stereocenters. The number of carbonyl (C=O) groups excluding carboxylic acids is 1. The molecule has 8 nitrogen and oxygen atoms in total. The molecule has 144 valence electrons. The maximum absolute atomic E-state index is 12.1. The Bertz CT molecular complexity index is 498. The summed E-state index contributed by atoms with van der Waals surface area (Å²) in [5, 5.41) is 10.4. The van der Waals surface area contributed by atoms with Gasteiger partial charge in [-0.1, -0.05) is 0 Å². The lowest BCUT2D eigenvalue weighted by molar-refractivity contribution is -0.216. The van der Waals surface area contributed by atoms with Crippen LogP contribution in [0.3, 0.4) is 0 Å². The molecule has 0 bridgehead atoms. The molecule has 3 heterocycles. The van der Waals surface area contributed by atoms with Gasteiger partial charge in [0, 0.05) is 32.7 Å². The van der Waals surface area contributed by atoms with Crippen LogP contribution in [0, 0.1) is 0 Å². The number of hydrogen-bond acceptors (Lipinski definition) is 7. The largest absolute Gasteiger partial charge is 0.444 e. The van der Waals surface area contributed by atoms with Gasteiger partial charge in [0.2, 0.25) is 0 Å². The van der Waals surface area contributed by atoms with E-state index in [0.717, 1.165) is 0 Å². The van der Waals surface area contributed by atoms with Gasteiger partial charge in [0.05, 0.1) is 0 Å². The third-order valence-corrected chi connectivity index (χ3v) is 4.58. The maximum Gasteiger partial charge on any atom is 0.410 e. The number of piperazine rings is 1. The highest BCUT2D eigenvalue weighted by Crippen LogP contribution is 2.37. The Balaban J connectivity index is 1.45. The molecular weight excluding hydrogens is 328 g/mol. The lowest BCUT2D eigenvalue weighted by Gasteiger charge is -2.37. The van der Waals surface area contributed by atoms with Crippen molar-refractivity contribution in [2.24, 2.45) is 0 Å². The summed E-state index contributed by atoms with van der Waals surface area (Å²) in [6.45, 7) is 12.4. The number of hydrogen-bond donors (Lipinski definition) is 1. The lowest BCUT2D eigenvalue weighted by atomic mass is 10.1. The number of aliphatic hydroxyl groups is 1. The molecule has 3 aliphatic rings. The van der Waals surface area contributed by atoms with Crippen LogP contribution in [0.5, 0.6) is 0 Å². The van der Waals surface area contributed by atoms with E-state index in [1.807, 2.05) is 34.6 Å². The van der Waals surface area contributed by atoms with Crippen LogP contribution in [0.25, 0.3) is 0 Å². The van der Waals surface area contributed by atoms with Gasteiger partial charge in [0.15, 0.2) is 12.1 Å². The minimum Gasteiger partial charge on any atom is -0.444 e. The summed E-state index contributed by atoms with van der Waals surface area (Å²) in [4.78, 5) is 16.0. The Morgan fingerprint density at radius 2 is 1.84 bits per heavy atom. The van der Waals surface area contributed by atoms with E-state index < -0.39 is 29.9 Å². The van der Waals surface area contributed by atoms with E-state index in [0.29, 0.717) is 32.7 Å². The molecule has 1 amide bonds. The number of amides is 1. The molecule has 3 saturated heterocycles. The standard InChI is InChI=1S/C17H30N2O6/c1-16(2,3)25-15(21)19-8-6-18(7-9-19)10-11-12(20)13-14(22-11)24-17(4,5)23-13/h11-14,20H,6-10H2,1-5H3/t11-,12+,13-,14-/m1/s1. The smallest absolute Gasteiger partial charge is 0.410 e. The number of aliphatic hydroxyl groups excluding tert-OH is 1. The molecule has 8 heteroatoms. The summed E-state index contributed by atoms with van der Waals surface area (Å²) < 4.78 is 22.6. The van der Waals surface area contributed by atoms with Crippen molar-refractivity contribution < 1.29 is 28.8 Å². The predicted octanol–water partition coefficient (Wildman–Crippen LogP) is 0.776. The first-order valence-electron chi connectivity index (χ1n) is 8.93. The Morgan fingerprint density at radius 3 is 2.40 bits per heavy atom. The van der Waals surface area contributed by atoms with Gasteiger partial charge in [-0.15, -0.1) is 0 Å². The molecule has 0 spiro atoms. The first-order valence-corrected chi connectivity index (χ1v) is 8.93. The van der Waals surface area contributed by atoms with Gasteiger partial charge in [0.25, 0.3) is 0 Å². The fraction of sp³-hybridized carbons (Fsp3) is 0.941. The van der Waals surface area contributed by atoms with Gasteiger partial charge in [-0.25, -0.2) is 4.79 Å². The fourth-order valence-electron chi connectivity index (χ4n) is 3.40. The molecule has 3 rings (SSSR count). The molecule has 0 aromatic rings. The molecule has 1 N–H and O–H groups in total. The van der Waals surface area contributed by atoms with E-state index in [2.05, 4.69) is 4.90 Å². The molecule has 3 fully saturated rings. The summed E-state index contributed by atoms with van der Waals surface area (Å²) >= 11 is 0. The minimum atomic E-state index is -0.722. The zero-order valence-corrected chi connectivity index (χ0v) is 15.7. The molecule has 0 aromatic heterocycles. The van der Waals surface area contributed by atoms with E-state index in [1.165, 1.54) is 0 Å². The van der Waals surface area contributed by atoms with Crippen LogP contribution in [-0.4, -0.2) is 89.7 Å². The quantitative estimate of drug-likeness (QED) is 0.781. The molecule has 0 aromatic carbocycles. The van der Waals surface area contributed by atoms with E-state index in [4.69, 9.17) is 18.9 Å². The SMILES string of the molecule is CC(C)(C)OC(=O)N1CCN(C[C@H]2O[C@@H]3OC(C)(C)O[C@@H]3[C@H]2O)CC1. The lowest BCUT2D eigenvalue weighted by Crippen LogP contribution is -2.52. The van der Waals surface area contributed by atoms with E-state index >= 15 is 0 Å². The van der Waals surface area contributed by atoms with Crippen LogP contribution in [0.1, 0.15) is 34.6 Å². The molecule has 4 atom stereocenters. The Morgan fingerprint density at radius 1 is 1.20 bits per heavy atom. The number of carbonyl (C=O) groups is 1. The fourth-order valence-corrected chi connectivity index (χ4v) is 3.40. The summed E-state index contributed by atoms with van der Waals surface area (Å²) in [7, 11) is 0. The summed E-state index contributed by atoms with van der Waals surface area (Å²) in [5.41, 5.74) is -0.485. The number of nitrogens with zero attached hydrogens (tertiary/aromatic N) is 2. The second kappa shape index (κ2) is 6.66. The molecule has 0 aliphatic carbocycles. The molecule has 25 heavy (non-hydrogen) atoms. The van der Waals surface area contributed by atoms with Gasteiger partial charge < -0.3 is 29.0 Å². The topological polar surface area (TPSA) is 80.7 Å². The van der Waals surface area contributed by atoms with Crippen molar-refractivity contribution in [2.75, 3.05) is 32.7 Å². The predicted molar refractivity (Wildman–Crippen MR) is 89.0 cm³/mol. The highest BCUT2D eigenvalue weighted by Gasteiger charge is 2.54. The zero-order valence-electron chi connectivity index (χ0n) is 15.7. The van der Waals surface area contributed by atoms with Crippen molar-refractivity contribution in [3.05, 3.63) is 0 Å². The van der Waals surface area contributed by atoms with Crippen LogP contribution in [0.4, 0.5) is 4.79 Å². The highest BCUT2D eigenvalue weighted by atomic mass is 16.8. The first-order chi connectivity index (χ1) is 11.5. The van der Waals surface area contributed by atoms with Gasteiger partial charge in [0.1, 0.15) is 23.9 Å². The van der Waals surface area contributed by atoms with E-state index in [-0.39, 0.29) is 12.2 Å². The minimum absolute atomic E-state index is 0.275. The van der Waals surface area contributed by atoms with Gasteiger partial charge in [-0.05, 0) is 34.6 Å². The van der Waals surface area contributed by atoms with E-state index in [9.17, 15) is 9.90 Å². The van der Waals surface area contributed by atoms with Crippen LogP contribution in [0.2, 0.25) is 0 Å². The summed E-state index contributed by atoms with van der Waals surface area (Å²) in [6, 6.07) is 0. The second-order valence-electron chi connectivity index (χ2n) is 8.40. The van der Waals surface area contributed by atoms with Crippen molar-refractivity contribution >= 4 is 6.09 Å². The molecule has 0 saturated carbocycles. The first kappa shape index (κ1) is 18.8. The Labute approximate surface area is 148 Å². The molecular formula is C17H30N2O6. The number of rotatable bonds is 2. The van der Waals surface area contributed by atoms with Crippen LogP contribution < -0.4 is 0 Å². The average Bonchev–Trinajstić information content (AvgIpc) is 2.92. The Kier molecular flexibility index (Phi) is 5.02. The average molecular weight is 358 g/mol. The molecule has 3 aliphatic heterocycles. The zero-order chi connectivity index (χ0) is 18.4. The normalized spacial score (nSPS) is 35.7. The van der Waals surface area contributed by atoms with Gasteiger partial charge in [-0.2, -0.15) is 0 Å². The second-order valence-corrected chi connectivity index (χ2v) is 8.40. The molecule has 0 radical (unpaired) electrons. The van der Waals surface area contributed by atoms with Crippen molar-refractivity contribution in [1.29, 1.82) is 0 Å². The summed E-state index contributed by atoms with van der Waals surface area (Å²) in [5.74, 6) is -0.722.